The summed E-state index contributed by atoms with van der Waals surface area (Å²) < 4.78 is 26.1. The Hall–Kier alpha value is -0.960. The number of rotatable bonds is 4. The molecule has 1 aromatic carbocycles. The van der Waals surface area contributed by atoms with Crippen LogP contribution in [-0.4, -0.2) is 13.0 Å². The van der Waals surface area contributed by atoms with Crippen molar-refractivity contribution in [1.29, 1.82) is 0 Å². The number of benzene rings is 1. The second-order valence-electron chi connectivity index (χ2n) is 3.90. The average Bonchev–Trinajstić information content (AvgIpc) is 2.17. The van der Waals surface area contributed by atoms with Gasteiger partial charge in [-0.1, -0.05) is 36.8 Å². The second-order valence-corrected chi connectivity index (χ2v) is 3.90. The molecule has 0 aromatic heterocycles. The Morgan fingerprint density at radius 3 is 2.53 bits per heavy atom. The molecule has 0 spiro atoms. The molecule has 0 amide bonds. The molecule has 0 fully saturated rings. The highest BCUT2D eigenvalue weighted by Crippen LogP contribution is 2.28. The molecule has 0 bridgehead atoms. The molecule has 1 N–H and O–H groups in total. The zero-order valence-corrected chi connectivity index (χ0v) is 9.35. The number of halogens is 2. The number of hydrogen-bond donors (Lipinski definition) is 1. The van der Waals surface area contributed by atoms with Crippen LogP contribution in [0, 0.1) is 6.92 Å². The van der Waals surface area contributed by atoms with Gasteiger partial charge in [-0.3, -0.25) is 0 Å². The maximum absolute atomic E-state index is 13.0. The predicted molar refractivity (Wildman–Crippen MR) is 58.2 cm³/mol. The fourth-order valence-corrected chi connectivity index (χ4v) is 1.64. The molecule has 84 valence electrons. The third kappa shape index (κ3) is 2.53. The molecule has 0 saturated heterocycles. The molecule has 0 radical (unpaired) electrons. The number of alkyl halides is 2. The van der Waals surface area contributed by atoms with Gasteiger partial charge < -0.3 is 5.32 Å². The van der Waals surface area contributed by atoms with Gasteiger partial charge in [-0.2, -0.15) is 0 Å². The van der Waals surface area contributed by atoms with Crippen molar-refractivity contribution in [3.63, 3.8) is 0 Å². The van der Waals surface area contributed by atoms with E-state index in [4.69, 9.17) is 0 Å². The molecular weight excluding hydrogens is 196 g/mol. The summed E-state index contributed by atoms with van der Waals surface area (Å²) in [5.41, 5.74) is 0.387. The highest BCUT2D eigenvalue weighted by molar-refractivity contribution is 5.29. The summed E-state index contributed by atoms with van der Waals surface area (Å²) in [7, 11) is 0. The third-order valence-corrected chi connectivity index (χ3v) is 2.60. The van der Waals surface area contributed by atoms with Gasteiger partial charge in [0.25, 0.3) is 6.43 Å². The Balaban J connectivity index is 3.09. The minimum absolute atomic E-state index is 0.523. The standard InChI is InChI=1S/C12H17F2N/c1-4-15-12(3,11(13)14)10-7-5-6-9(2)8-10/h5-8,11,15H,4H2,1-3H3. The summed E-state index contributed by atoms with van der Waals surface area (Å²) in [6.45, 7) is 5.79. The van der Waals surface area contributed by atoms with Gasteiger partial charge in [0, 0.05) is 0 Å². The van der Waals surface area contributed by atoms with E-state index in [0.29, 0.717) is 12.1 Å². The van der Waals surface area contributed by atoms with Crippen molar-refractivity contribution in [3.8, 4) is 0 Å². The van der Waals surface area contributed by atoms with E-state index in [0.717, 1.165) is 5.56 Å². The molecule has 3 heteroatoms. The lowest BCUT2D eigenvalue weighted by atomic mass is 9.91. The molecule has 1 rings (SSSR count). The largest absolute Gasteiger partial charge is 0.303 e. The lowest BCUT2D eigenvalue weighted by molar-refractivity contribution is 0.0394. The smallest absolute Gasteiger partial charge is 0.260 e. The van der Waals surface area contributed by atoms with Crippen LogP contribution < -0.4 is 5.32 Å². The minimum Gasteiger partial charge on any atom is -0.303 e. The van der Waals surface area contributed by atoms with E-state index in [1.807, 2.05) is 26.0 Å². The van der Waals surface area contributed by atoms with Gasteiger partial charge in [-0.05, 0) is 26.0 Å². The summed E-state index contributed by atoms with van der Waals surface area (Å²) in [6, 6.07) is 7.25. The van der Waals surface area contributed by atoms with Crippen LogP contribution in [0.5, 0.6) is 0 Å². The van der Waals surface area contributed by atoms with Crippen molar-refractivity contribution in [2.45, 2.75) is 32.7 Å². The summed E-state index contributed by atoms with van der Waals surface area (Å²) in [5.74, 6) is 0. The molecule has 1 unspecified atom stereocenters. The van der Waals surface area contributed by atoms with E-state index < -0.39 is 12.0 Å². The van der Waals surface area contributed by atoms with Crippen molar-refractivity contribution in [2.75, 3.05) is 6.54 Å². The maximum atomic E-state index is 13.0. The molecular formula is C12H17F2N. The fraction of sp³-hybridized carbons (Fsp3) is 0.500. The normalized spacial score (nSPS) is 15.3. The SMILES string of the molecule is CCNC(C)(c1cccc(C)c1)C(F)F. The Bertz CT molecular complexity index is 325. The van der Waals surface area contributed by atoms with Crippen LogP contribution >= 0.6 is 0 Å². The summed E-state index contributed by atoms with van der Waals surface area (Å²) >= 11 is 0. The molecule has 0 aliphatic carbocycles. The van der Waals surface area contributed by atoms with Crippen molar-refractivity contribution >= 4 is 0 Å². The van der Waals surface area contributed by atoms with E-state index in [9.17, 15) is 8.78 Å². The van der Waals surface area contributed by atoms with Crippen LogP contribution in [0.2, 0.25) is 0 Å². The van der Waals surface area contributed by atoms with Gasteiger partial charge in [-0.15, -0.1) is 0 Å². The van der Waals surface area contributed by atoms with Crippen molar-refractivity contribution in [2.24, 2.45) is 0 Å². The zero-order valence-electron chi connectivity index (χ0n) is 9.35. The number of aryl methyl sites for hydroxylation is 1. The lowest BCUT2D eigenvalue weighted by Crippen LogP contribution is -2.45. The summed E-state index contributed by atoms with van der Waals surface area (Å²) in [6.07, 6.45) is -2.42. The number of nitrogens with one attached hydrogen (secondary N) is 1. The highest BCUT2D eigenvalue weighted by Gasteiger charge is 2.35. The first-order valence-corrected chi connectivity index (χ1v) is 5.11. The lowest BCUT2D eigenvalue weighted by Gasteiger charge is -2.30. The molecule has 15 heavy (non-hydrogen) atoms. The van der Waals surface area contributed by atoms with Gasteiger partial charge in [-0.25, -0.2) is 8.78 Å². The fourth-order valence-electron chi connectivity index (χ4n) is 1.64. The number of hydrogen-bond acceptors (Lipinski definition) is 1. The van der Waals surface area contributed by atoms with Crippen LogP contribution in [0.25, 0.3) is 0 Å². The van der Waals surface area contributed by atoms with E-state index in [1.54, 1.807) is 12.1 Å². The topological polar surface area (TPSA) is 12.0 Å². The first-order valence-electron chi connectivity index (χ1n) is 5.11. The van der Waals surface area contributed by atoms with Crippen LogP contribution in [-0.2, 0) is 5.54 Å². The van der Waals surface area contributed by atoms with Crippen molar-refractivity contribution in [1.82, 2.24) is 5.32 Å². The minimum atomic E-state index is -2.42. The molecule has 0 saturated carbocycles. The van der Waals surface area contributed by atoms with E-state index in [2.05, 4.69) is 5.32 Å². The van der Waals surface area contributed by atoms with Crippen LogP contribution in [0.4, 0.5) is 8.78 Å². The van der Waals surface area contributed by atoms with Gasteiger partial charge in [0.15, 0.2) is 0 Å². The molecule has 1 atom stereocenters. The second kappa shape index (κ2) is 4.71. The molecule has 0 heterocycles. The van der Waals surface area contributed by atoms with Gasteiger partial charge >= 0.3 is 0 Å². The van der Waals surface area contributed by atoms with Gasteiger partial charge in [0.2, 0.25) is 0 Å². The Kier molecular flexibility index (Phi) is 3.80. The van der Waals surface area contributed by atoms with E-state index >= 15 is 0 Å². The summed E-state index contributed by atoms with van der Waals surface area (Å²) in [4.78, 5) is 0. The Labute approximate surface area is 89.5 Å². The Morgan fingerprint density at radius 1 is 1.40 bits per heavy atom. The van der Waals surface area contributed by atoms with Crippen molar-refractivity contribution < 1.29 is 8.78 Å². The van der Waals surface area contributed by atoms with Gasteiger partial charge in [0.1, 0.15) is 5.54 Å². The molecule has 1 aromatic rings. The maximum Gasteiger partial charge on any atom is 0.260 e. The van der Waals surface area contributed by atoms with E-state index in [1.165, 1.54) is 6.92 Å². The first kappa shape index (κ1) is 12.1. The zero-order chi connectivity index (χ0) is 11.5. The predicted octanol–water partition coefficient (Wildman–Crippen LogP) is 3.08. The third-order valence-electron chi connectivity index (χ3n) is 2.60. The quantitative estimate of drug-likeness (QED) is 0.810. The average molecular weight is 213 g/mol. The Morgan fingerprint density at radius 2 is 2.07 bits per heavy atom. The summed E-state index contributed by atoms with van der Waals surface area (Å²) in [5, 5.41) is 2.85. The van der Waals surface area contributed by atoms with Gasteiger partial charge in [0.05, 0.1) is 0 Å². The van der Waals surface area contributed by atoms with Crippen LogP contribution in [0.1, 0.15) is 25.0 Å². The van der Waals surface area contributed by atoms with Crippen molar-refractivity contribution in [3.05, 3.63) is 35.4 Å². The monoisotopic (exact) mass is 213 g/mol. The first-order chi connectivity index (χ1) is 7.00. The highest BCUT2D eigenvalue weighted by atomic mass is 19.3. The van der Waals surface area contributed by atoms with E-state index in [-0.39, 0.29) is 0 Å². The molecule has 0 aliphatic rings. The van der Waals surface area contributed by atoms with Crippen LogP contribution in [0.15, 0.2) is 24.3 Å². The van der Waals surface area contributed by atoms with Crippen LogP contribution in [0.3, 0.4) is 0 Å². The molecule has 1 nitrogen and oxygen atoms in total. The molecule has 0 aliphatic heterocycles.